The molecule has 156 valence electrons. The van der Waals surface area contributed by atoms with Gasteiger partial charge in [0.1, 0.15) is 5.75 Å². The number of nitrogens with one attached hydrogen (secondary N) is 1. The van der Waals surface area contributed by atoms with Crippen molar-refractivity contribution in [1.82, 2.24) is 15.2 Å². The molecule has 7 heteroatoms. The summed E-state index contributed by atoms with van der Waals surface area (Å²) < 4.78 is 25.6. The van der Waals surface area contributed by atoms with E-state index in [4.69, 9.17) is 9.47 Å². The first-order valence-corrected chi connectivity index (χ1v) is 10.1. The molecule has 0 bridgehead atoms. The van der Waals surface area contributed by atoms with Gasteiger partial charge in [-0.1, -0.05) is 6.07 Å². The Morgan fingerprint density at radius 3 is 2.90 bits per heavy atom. The molecular weight excluding hydrogens is 371 g/mol. The molecule has 2 aromatic rings. The number of nitrogens with zero attached hydrogens (tertiary/aromatic N) is 3. The summed E-state index contributed by atoms with van der Waals surface area (Å²) in [5, 5.41) is 3.27. The van der Waals surface area contributed by atoms with E-state index in [1.807, 2.05) is 24.9 Å². The van der Waals surface area contributed by atoms with Gasteiger partial charge in [-0.3, -0.25) is 4.98 Å². The van der Waals surface area contributed by atoms with E-state index >= 15 is 0 Å². The minimum Gasteiger partial charge on any atom is -0.453 e. The number of rotatable bonds is 10. The van der Waals surface area contributed by atoms with Crippen LogP contribution in [0, 0.1) is 11.7 Å². The fourth-order valence-electron chi connectivity index (χ4n) is 2.74. The van der Waals surface area contributed by atoms with Gasteiger partial charge in [-0.25, -0.2) is 9.38 Å². The van der Waals surface area contributed by atoms with E-state index < -0.39 is 5.82 Å². The van der Waals surface area contributed by atoms with Crippen molar-refractivity contribution in [3.05, 3.63) is 54.1 Å². The summed E-state index contributed by atoms with van der Waals surface area (Å²) in [4.78, 5) is 10.6. The van der Waals surface area contributed by atoms with Gasteiger partial charge < -0.3 is 19.7 Å². The molecule has 0 aliphatic heterocycles. The SMILES string of the molecule is CCNC(=NCc1ccc(Oc2cccnc2)c(F)c1)N(C)CCOCC1CC1. The fourth-order valence-corrected chi connectivity index (χ4v) is 2.74. The number of halogens is 1. The maximum absolute atomic E-state index is 14.4. The molecule has 0 saturated heterocycles. The molecule has 3 rings (SSSR count). The van der Waals surface area contributed by atoms with Crippen LogP contribution in [0.2, 0.25) is 0 Å². The first-order chi connectivity index (χ1) is 14.2. The summed E-state index contributed by atoms with van der Waals surface area (Å²) in [5.74, 6) is 1.79. The van der Waals surface area contributed by atoms with Gasteiger partial charge in [0.2, 0.25) is 0 Å². The van der Waals surface area contributed by atoms with E-state index in [1.165, 1.54) is 18.9 Å². The molecule has 0 atom stereocenters. The third-order valence-corrected chi connectivity index (χ3v) is 4.59. The minimum absolute atomic E-state index is 0.169. The average molecular weight is 400 g/mol. The van der Waals surface area contributed by atoms with E-state index in [0.717, 1.165) is 37.1 Å². The number of hydrogen-bond donors (Lipinski definition) is 1. The Morgan fingerprint density at radius 1 is 1.34 bits per heavy atom. The van der Waals surface area contributed by atoms with Crippen LogP contribution in [0.25, 0.3) is 0 Å². The van der Waals surface area contributed by atoms with Crippen LogP contribution in [0.4, 0.5) is 4.39 Å². The van der Waals surface area contributed by atoms with E-state index in [2.05, 4.69) is 15.3 Å². The van der Waals surface area contributed by atoms with Crippen LogP contribution >= 0.6 is 0 Å². The normalized spacial score (nSPS) is 14.0. The first-order valence-electron chi connectivity index (χ1n) is 10.1. The van der Waals surface area contributed by atoms with Gasteiger partial charge in [0.15, 0.2) is 17.5 Å². The predicted molar refractivity (Wildman–Crippen MR) is 112 cm³/mol. The lowest BCUT2D eigenvalue weighted by atomic mass is 10.2. The van der Waals surface area contributed by atoms with Crippen molar-refractivity contribution in [3.63, 3.8) is 0 Å². The molecule has 1 aromatic heterocycles. The number of pyridine rings is 1. The highest BCUT2D eigenvalue weighted by atomic mass is 19.1. The summed E-state index contributed by atoms with van der Waals surface area (Å²) in [6.45, 7) is 5.45. The Balaban J connectivity index is 1.55. The van der Waals surface area contributed by atoms with E-state index in [-0.39, 0.29) is 5.75 Å². The van der Waals surface area contributed by atoms with Gasteiger partial charge >= 0.3 is 0 Å². The van der Waals surface area contributed by atoms with Gasteiger partial charge in [0.25, 0.3) is 0 Å². The third-order valence-electron chi connectivity index (χ3n) is 4.59. The molecule has 1 aliphatic rings. The molecule has 29 heavy (non-hydrogen) atoms. The van der Waals surface area contributed by atoms with Gasteiger partial charge in [-0.15, -0.1) is 0 Å². The van der Waals surface area contributed by atoms with E-state index in [1.54, 1.807) is 30.6 Å². The second-order valence-corrected chi connectivity index (χ2v) is 7.17. The summed E-state index contributed by atoms with van der Waals surface area (Å²) in [6.07, 6.45) is 5.78. The van der Waals surface area contributed by atoms with Crippen molar-refractivity contribution in [1.29, 1.82) is 0 Å². The van der Waals surface area contributed by atoms with Crippen LogP contribution in [0.3, 0.4) is 0 Å². The zero-order valence-electron chi connectivity index (χ0n) is 17.1. The number of aromatic nitrogens is 1. The number of likely N-dealkylation sites (N-methyl/N-ethyl adjacent to an activating group) is 1. The lowest BCUT2D eigenvalue weighted by Crippen LogP contribution is -2.40. The van der Waals surface area contributed by atoms with Crippen LogP contribution in [0.15, 0.2) is 47.7 Å². The Labute approximate surface area is 171 Å². The summed E-state index contributed by atoms with van der Waals surface area (Å²) in [6, 6.07) is 8.37. The minimum atomic E-state index is -0.423. The second kappa shape index (κ2) is 10.8. The number of aliphatic imine (C=N–C) groups is 1. The molecule has 1 heterocycles. The van der Waals surface area contributed by atoms with E-state index in [9.17, 15) is 4.39 Å². The molecule has 0 unspecified atom stereocenters. The van der Waals surface area contributed by atoms with Crippen molar-refractivity contribution >= 4 is 5.96 Å². The molecular formula is C22H29FN4O2. The molecule has 1 aliphatic carbocycles. The Morgan fingerprint density at radius 2 is 2.21 bits per heavy atom. The summed E-state index contributed by atoms with van der Waals surface area (Å²) in [7, 11) is 1.98. The zero-order chi connectivity index (χ0) is 20.5. The largest absolute Gasteiger partial charge is 0.453 e. The molecule has 0 spiro atoms. The van der Waals surface area contributed by atoms with Crippen molar-refractivity contribution in [3.8, 4) is 11.5 Å². The van der Waals surface area contributed by atoms with Gasteiger partial charge in [0, 0.05) is 32.9 Å². The maximum atomic E-state index is 14.4. The molecule has 1 N–H and O–H groups in total. The lowest BCUT2D eigenvalue weighted by molar-refractivity contribution is 0.115. The van der Waals surface area contributed by atoms with Crippen LogP contribution < -0.4 is 10.1 Å². The second-order valence-electron chi connectivity index (χ2n) is 7.17. The van der Waals surface area contributed by atoms with Crippen molar-refractivity contribution in [2.45, 2.75) is 26.3 Å². The molecule has 1 saturated carbocycles. The quantitative estimate of drug-likeness (QED) is 0.373. The summed E-state index contributed by atoms with van der Waals surface area (Å²) >= 11 is 0. The molecule has 6 nitrogen and oxygen atoms in total. The number of ether oxygens (including phenoxy) is 2. The highest BCUT2D eigenvalue weighted by Crippen LogP contribution is 2.28. The maximum Gasteiger partial charge on any atom is 0.194 e. The van der Waals surface area contributed by atoms with E-state index in [0.29, 0.717) is 18.9 Å². The Kier molecular flexibility index (Phi) is 7.81. The number of hydrogen-bond acceptors (Lipinski definition) is 4. The fraction of sp³-hybridized carbons (Fsp3) is 0.455. The smallest absolute Gasteiger partial charge is 0.194 e. The molecule has 0 amide bonds. The first kappa shape index (κ1) is 21.0. The topological polar surface area (TPSA) is 59.0 Å². The van der Waals surface area contributed by atoms with Crippen molar-refractivity contribution < 1.29 is 13.9 Å². The van der Waals surface area contributed by atoms with Gasteiger partial charge in [-0.05, 0) is 55.5 Å². The molecule has 0 radical (unpaired) electrons. The molecule has 1 fully saturated rings. The zero-order valence-corrected chi connectivity index (χ0v) is 17.1. The third kappa shape index (κ3) is 7.02. The monoisotopic (exact) mass is 400 g/mol. The highest BCUT2D eigenvalue weighted by molar-refractivity contribution is 5.79. The van der Waals surface area contributed by atoms with Crippen LogP contribution in [-0.4, -0.2) is 49.2 Å². The van der Waals surface area contributed by atoms with Crippen molar-refractivity contribution in [2.24, 2.45) is 10.9 Å². The van der Waals surface area contributed by atoms with Crippen molar-refractivity contribution in [2.75, 3.05) is 33.4 Å². The summed E-state index contributed by atoms with van der Waals surface area (Å²) in [5.41, 5.74) is 0.773. The highest BCUT2D eigenvalue weighted by Gasteiger charge is 2.21. The van der Waals surface area contributed by atoms with Gasteiger partial charge in [0.05, 0.1) is 19.3 Å². The Bertz CT molecular complexity index is 797. The van der Waals surface area contributed by atoms with Crippen LogP contribution in [-0.2, 0) is 11.3 Å². The number of benzene rings is 1. The predicted octanol–water partition coefficient (Wildman–Crippen LogP) is 3.84. The lowest BCUT2D eigenvalue weighted by Gasteiger charge is -2.22. The van der Waals surface area contributed by atoms with Gasteiger partial charge in [-0.2, -0.15) is 0 Å². The van der Waals surface area contributed by atoms with Crippen LogP contribution in [0.1, 0.15) is 25.3 Å². The Hall–Kier alpha value is -2.67. The number of guanidine groups is 1. The molecule has 1 aromatic carbocycles. The van der Waals surface area contributed by atoms with Crippen LogP contribution in [0.5, 0.6) is 11.5 Å². The average Bonchev–Trinajstić information content (AvgIpc) is 3.55. The standard InChI is InChI=1S/C22H29FN4O2/c1-3-25-22(27(2)11-12-28-16-17-6-7-17)26-14-18-8-9-21(20(23)13-18)29-19-5-4-10-24-15-19/h4-5,8-10,13,15,17H,3,6-7,11-12,14,16H2,1-2H3,(H,25,26).